The minimum atomic E-state index is -0.311. The lowest BCUT2D eigenvalue weighted by molar-refractivity contribution is 0.469. The summed E-state index contributed by atoms with van der Waals surface area (Å²) in [6, 6.07) is 8.39. The second-order valence-corrected chi connectivity index (χ2v) is 4.44. The first kappa shape index (κ1) is 13.5. The van der Waals surface area contributed by atoms with Crippen LogP contribution in [0, 0.1) is 12.7 Å². The number of nitrogens with zero attached hydrogens (tertiary/aromatic N) is 1. The van der Waals surface area contributed by atoms with Crippen LogP contribution in [0.15, 0.2) is 36.5 Å². The summed E-state index contributed by atoms with van der Waals surface area (Å²) < 4.78 is 18.8. The zero-order chi connectivity index (χ0) is 13.8. The number of nitrogens with one attached hydrogen (secondary N) is 1. The average molecular weight is 260 g/mol. The molecule has 100 valence electrons. The molecule has 1 atom stereocenters. The van der Waals surface area contributed by atoms with Gasteiger partial charge in [0.05, 0.1) is 11.9 Å². The fourth-order valence-electron chi connectivity index (χ4n) is 1.67. The molecule has 1 N–H and O–H groups in total. The number of aryl methyl sites for hydroxylation is 1. The van der Waals surface area contributed by atoms with Gasteiger partial charge in [0, 0.05) is 12.1 Å². The van der Waals surface area contributed by atoms with Crippen LogP contribution >= 0.6 is 0 Å². The third-order valence-corrected chi connectivity index (χ3v) is 3.01. The minimum absolute atomic E-state index is 0.185. The second kappa shape index (κ2) is 5.80. The Hall–Kier alpha value is -1.94. The van der Waals surface area contributed by atoms with Crippen molar-refractivity contribution < 1.29 is 9.13 Å². The summed E-state index contributed by atoms with van der Waals surface area (Å²) in [4.78, 5) is 4.32. The Morgan fingerprint density at radius 3 is 2.68 bits per heavy atom. The molecule has 0 spiro atoms. The summed E-state index contributed by atoms with van der Waals surface area (Å²) in [6.07, 6.45) is 1.65. The maximum atomic E-state index is 13.2. The number of rotatable bonds is 4. The Morgan fingerprint density at radius 1 is 1.26 bits per heavy atom. The van der Waals surface area contributed by atoms with Gasteiger partial charge in [0.15, 0.2) is 0 Å². The summed E-state index contributed by atoms with van der Waals surface area (Å²) in [6.45, 7) is 3.90. The van der Waals surface area contributed by atoms with Crippen LogP contribution in [0.2, 0.25) is 0 Å². The molecule has 2 aromatic rings. The Balaban J connectivity index is 2.17. The van der Waals surface area contributed by atoms with Crippen molar-refractivity contribution in [3.63, 3.8) is 0 Å². The van der Waals surface area contributed by atoms with E-state index in [2.05, 4.69) is 10.3 Å². The van der Waals surface area contributed by atoms with Crippen molar-refractivity contribution in [2.75, 3.05) is 7.05 Å². The summed E-state index contributed by atoms with van der Waals surface area (Å²) in [5.74, 6) is 0.797. The first-order valence-electron chi connectivity index (χ1n) is 6.17. The fourth-order valence-corrected chi connectivity index (χ4v) is 1.67. The van der Waals surface area contributed by atoms with Crippen LogP contribution in [0.4, 0.5) is 4.39 Å². The van der Waals surface area contributed by atoms with Gasteiger partial charge in [-0.2, -0.15) is 0 Å². The Kier molecular flexibility index (Phi) is 4.12. The first-order chi connectivity index (χ1) is 9.10. The normalized spacial score (nSPS) is 12.2. The number of ether oxygens (including phenoxy) is 1. The SMILES string of the molecule is CNC(C)c1ccc(Oc2cc(F)ccc2C)cn1. The van der Waals surface area contributed by atoms with Gasteiger partial charge in [-0.25, -0.2) is 4.39 Å². The fraction of sp³-hybridized carbons (Fsp3) is 0.267. The third kappa shape index (κ3) is 3.29. The molecule has 0 fully saturated rings. The highest BCUT2D eigenvalue weighted by molar-refractivity contribution is 5.36. The summed E-state index contributed by atoms with van der Waals surface area (Å²) in [7, 11) is 1.88. The van der Waals surface area contributed by atoms with Crippen molar-refractivity contribution in [1.82, 2.24) is 10.3 Å². The highest BCUT2D eigenvalue weighted by atomic mass is 19.1. The van der Waals surface area contributed by atoms with Gasteiger partial charge >= 0.3 is 0 Å². The quantitative estimate of drug-likeness (QED) is 0.912. The molecule has 0 aliphatic carbocycles. The molecule has 3 nitrogen and oxygen atoms in total. The van der Waals surface area contributed by atoms with Gasteiger partial charge in [0.2, 0.25) is 0 Å². The Morgan fingerprint density at radius 2 is 2.05 bits per heavy atom. The number of pyridine rings is 1. The predicted octanol–water partition coefficient (Wildman–Crippen LogP) is 3.60. The van der Waals surface area contributed by atoms with E-state index >= 15 is 0 Å². The van der Waals surface area contributed by atoms with E-state index in [0.717, 1.165) is 11.3 Å². The van der Waals surface area contributed by atoms with Crippen LogP contribution in [0.1, 0.15) is 24.2 Å². The number of benzene rings is 1. The van der Waals surface area contributed by atoms with Crippen LogP contribution in [-0.4, -0.2) is 12.0 Å². The van der Waals surface area contributed by atoms with Gasteiger partial charge in [-0.05, 0) is 44.7 Å². The molecule has 0 saturated carbocycles. The molecule has 0 radical (unpaired) electrons. The molecule has 1 aromatic carbocycles. The van der Waals surface area contributed by atoms with Gasteiger partial charge in [-0.15, -0.1) is 0 Å². The molecule has 0 bridgehead atoms. The zero-order valence-electron chi connectivity index (χ0n) is 11.3. The molecular formula is C15H17FN2O. The molecule has 2 rings (SSSR count). The molecule has 0 amide bonds. The van der Waals surface area contributed by atoms with Crippen molar-refractivity contribution >= 4 is 0 Å². The molecule has 4 heteroatoms. The van der Waals surface area contributed by atoms with Crippen molar-refractivity contribution in [2.24, 2.45) is 0 Å². The lowest BCUT2D eigenvalue weighted by Crippen LogP contribution is -2.13. The highest BCUT2D eigenvalue weighted by Gasteiger charge is 2.06. The van der Waals surface area contributed by atoms with E-state index in [1.54, 1.807) is 12.3 Å². The van der Waals surface area contributed by atoms with Gasteiger partial charge in [0.1, 0.15) is 17.3 Å². The van der Waals surface area contributed by atoms with E-state index in [1.165, 1.54) is 12.1 Å². The van der Waals surface area contributed by atoms with Gasteiger partial charge in [0.25, 0.3) is 0 Å². The summed E-state index contributed by atoms with van der Waals surface area (Å²) >= 11 is 0. The average Bonchev–Trinajstić information content (AvgIpc) is 2.43. The van der Waals surface area contributed by atoms with E-state index in [4.69, 9.17) is 4.74 Å². The van der Waals surface area contributed by atoms with E-state index in [-0.39, 0.29) is 11.9 Å². The largest absolute Gasteiger partial charge is 0.455 e. The molecule has 1 aromatic heterocycles. The topological polar surface area (TPSA) is 34.1 Å². The summed E-state index contributed by atoms with van der Waals surface area (Å²) in [5.41, 5.74) is 1.82. The smallest absolute Gasteiger partial charge is 0.145 e. The minimum Gasteiger partial charge on any atom is -0.455 e. The molecule has 1 unspecified atom stereocenters. The van der Waals surface area contributed by atoms with Crippen molar-refractivity contribution in [3.05, 3.63) is 53.6 Å². The monoisotopic (exact) mass is 260 g/mol. The number of aromatic nitrogens is 1. The van der Waals surface area contributed by atoms with Crippen molar-refractivity contribution in [2.45, 2.75) is 19.9 Å². The standard InChI is InChI=1S/C15H17FN2O/c1-10-4-5-12(16)8-15(10)19-13-6-7-14(18-9-13)11(2)17-3/h4-9,11,17H,1-3H3. The van der Waals surface area contributed by atoms with Gasteiger partial charge in [-0.3, -0.25) is 4.98 Å². The second-order valence-electron chi connectivity index (χ2n) is 4.44. The molecule has 0 saturated heterocycles. The van der Waals surface area contributed by atoms with Crippen LogP contribution in [0.3, 0.4) is 0 Å². The van der Waals surface area contributed by atoms with Crippen LogP contribution in [0.5, 0.6) is 11.5 Å². The van der Waals surface area contributed by atoms with E-state index < -0.39 is 0 Å². The van der Waals surface area contributed by atoms with E-state index in [1.807, 2.05) is 33.0 Å². The molecule has 0 aliphatic rings. The predicted molar refractivity (Wildman–Crippen MR) is 72.9 cm³/mol. The number of halogens is 1. The lowest BCUT2D eigenvalue weighted by atomic mass is 10.2. The maximum absolute atomic E-state index is 13.2. The molecule has 0 aliphatic heterocycles. The van der Waals surface area contributed by atoms with Crippen molar-refractivity contribution in [3.8, 4) is 11.5 Å². The number of hydrogen-bond acceptors (Lipinski definition) is 3. The Bertz CT molecular complexity index is 555. The number of hydrogen-bond donors (Lipinski definition) is 1. The molecule has 1 heterocycles. The third-order valence-electron chi connectivity index (χ3n) is 3.01. The lowest BCUT2D eigenvalue weighted by Gasteiger charge is -2.11. The molecular weight excluding hydrogens is 243 g/mol. The van der Waals surface area contributed by atoms with Gasteiger partial charge < -0.3 is 10.1 Å². The van der Waals surface area contributed by atoms with Crippen LogP contribution < -0.4 is 10.1 Å². The van der Waals surface area contributed by atoms with Crippen LogP contribution in [-0.2, 0) is 0 Å². The van der Waals surface area contributed by atoms with E-state index in [9.17, 15) is 4.39 Å². The molecule has 19 heavy (non-hydrogen) atoms. The first-order valence-corrected chi connectivity index (χ1v) is 6.17. The van der Waals surface area contributed by atoms with Crippen molar-refractivity contribution in [1.29, 1.82) is 0 Å². The zero-order valence-corrected chi connectivity index (χ0v) is 11.3. The summed E-state index contributed by atoms with van der Waals surface area (Å²) in [5, 5.41) is 3.11. The highest BCUT2D eigenvalue weighted by Crippen LogP contribution is 2.25. The Labute approximate surface area is 112 Å². The van der Waals surface area contributed by atoms with Crippen LogP contribution in [0.25, 0.3) is 0 Å². The van der Waals surface area contributed by atoms with E-state index in [0.29, 0.717) is 11.5 Å². The maximum Gasteiger partial charge on any atom is 0.145 e. The van der Waals surface area contributed by atoms with Gasteiger partial charge in [-0.1, -0.05) is 6.07 Å².